The first-order chi connectivity index (χ1) is 11.7. The summed E-state index contributed by atoms with van der Waals surface area (Å²) < 4.78 is 12.8. The van der Waals surface area contributed by atoms with Gasteiger partial charge in [-0.15, -0.1) is 0 Å². The fourth-order valence-electron chi connectivity index (χ4n) is 2.79. The maximum absolute atomic E-state index is 12.4. The number of piperazine rings is 1. The summed E-state index contributed by atoms with van der Waals surface area (Å²) in [5.41, 5.74) is 0. The van der Waals surface area contributed by atoms with Gasteiger partial charge in [0.15, 0.2) is 18.1 Å². The highest BCUT2D eigenvalue weighted by molar-refractivity contribution is 5.78. The lowest BCUT2D eigenvalue weighted by molar-refractivity contribution is -0.133. The van der Waals surface area contributed by atoms with Crippen LogP contribution < -0.4 is 14.4 Å². The van der Waals surface area contributed by atoms with Crippen molar-refractivity contribution in [1.29, 1.82) is 0 Å². The van der Waals surface area contributed by atoms with Crippen LogP contribution in [0.15, 0.2) is 36.7 Å². The highest BCUT2D eigenvalue weighted by Crippen LogP contribution is 2.25. The molecule has 1 aliphatic rings. The summed E-state index contributed by atoms with van der Waals surface area (Å²) in [6, 6.07) is 7.33. The summed E-state index contributed by atoms with van der Waals surface area (Å²) in [4.78, 5) is 20.7. The number of rotatable bonds is 5. The van der Waals surface area contributed by atoms with Crippen molar-refractivity contribution in [1.82, 2.24) is 14.5 Å². The van der Waals surface area contributed by atoms with Gasteiger partial charge in [-0.2, -0.15) is 0 Å². The van der Waals surface area contributed by atoms with E-state index in [-0.39, 0.29) is 12.5 Å². The molecule has 7 heteroatoms. The van der Waals surface area contributed by atoms with E-state index in [1.54, 1.807) is 19.4 Å². The molecule has 1 aliphatic heterocycles. The molecule has 0 unspecified atom stereocenters. The van der Waals surface area contributed by atoms with Crippen molar-refractivity contribution < 1.29 is 14.3 Å². The van der Waals surface area contributed by atoms with Crippen LogP contribution in [0.1, 0.15) is 0 Å². The van der Waals surface area contributed by atoms with Gasteiger partial charge in [0.1, 0.15) is 0 Å². The van der Waals surface area contributed by atoms with Crippen LogP contribution in [0.5, 0.6) is 11.5 Å². The molecule has 2 heterocycles. The van der Waals surface area contributed by atoms with Gasteiger partial charge in [0.05, 0.1) is 7.11 Å². The van der Waals surface area contributed by atoms with Crippen LogP contribution in [-0.4, -0.2) is 60.3 Å². The Kier molecular flexibility index (Phi) is 4.88. The van der Waals surface area contributed by atoms with E-state index in [4.69, 9.17) is 9.47 Å². The standard InChI is InChI=1S/C17H22N4O3/c1-19-8-7-18-17(19)21-11-9-20(10-12-21)16(22)13-24-15-6-4-3-5-14(15)23-2/h3-8H,9-13H2,1-2H3. The number of ether oxygens (including phenoxy) is 2. The molecule has 1 aromatic carbocycles. The van der Waals surface area contributed by atoms with Crippen molar-refractivity contribution in [3.05, 3.63) is 36.7 Å². The minimum atomic E-state index is -0.0135. The Morgan fingerprint density at radius 2 is 1.88 bits per heavy atom. The Morgan fingerprint density at radius 1 is 1.17 bits per heavy atom. The molecule has 1 saturated heterocycles. The van der Waals surface area contributed by atoms with Crippen molar-refractivity contribution in [3.63, 3.8) is 0 Å². The van der Waals surface area contributed by atoms with Crippen molar-refractivity contribution in [2.45, 2.75) is 0 Å². The lowest BCUT2D eigenvalue weighted by atomic mass is 10.3. The minimum absolute atomic E-state index is 0.0135. The summed E-state index contributed by atoms with van der Waals surface area (Å²) in [7, 11) is 3.56. The highest BCUT2D eigenvalue weighted by Gasteiger charge is 2.23. The number of imidazole rings is 1. The third kappa shape index (κ3) is 3.45. The number of methoxy groups -OCH3 is 1. The van der Waals surface area contributed by atoms with Crippen molar-refractivity contribution >= 4 is 11.9 Å². The number of nitrogens with zero attached hydrogens (tertiary/aromatic N) is 4. The van der Waals surface area contributed by atoms with Gasteiger partial charge in [0.25, 0.3) is 5.91 Å². The first-order valence-electron chi connectivity index (χ1n) is 7.95. The summed E-state index contributed by atoms with van der Waals surface area (Å²) in [6.07, 6.45) is 3.71. The number of para-hydroxylation sites is 2. The zero-order valence-corrected chi connectivity index (χ0v) is 14.0. The van der Waals surface area contributed by atoms with Crippen LogP contribution in [0, 0.1) is 0 Å². The second-order valence-electron chi connectivity index (χ2n) is 5.65. The zero-order chi connectivity index (χ0) is 16.9. The predicted molar refractivity (Wildman–Crippen MR) is 90.5 cm³/mol. The fraction of sp³-hybridized carbons (Fsp3) is 0.412. The third-order valence-corrected chi connectivity index (χ3v) is 4.13. The summed E-state index contributed by atoms with van der Waals surface area (Å²) in [5, 5.41) is 0. The van der Waals surface area contributed by atoms with E-state index in [1.807, 2.05) is 40.9 Å². The fourth-order valence-corrected chi connectivity index (χ4v) is 2.79. The highest BCUT2D eigenvalue weighted by atomic mass is 16.5. The van der Waals surface area contributed by atoms with Crippen LogP contribution in [0.2, 0.25) is 0 Å². The van der Waals surface area contributed by atoms with Crippen LogP contribution in [0.25, 0.3) is 0 Å². The number of aromatic nitrogens is 2. The summed E-state index contributed by atoms with van der Waals surface area (Å²) >= 11 is 0. The molecule has 0 atom stereocenters. The molecule has 0 bridgehead atoms. The second-order valence-corrected chi connectivity index (χ2v) is 5.65. The maximum Gasteiger partial charge on any atom is 0.260 e. The van der Waals surface area contributed by atoms with Gasteiger partial charge in [0.2, 0.25) is 5.95 Å². The van der Waals surface area contributed by atoms with Gasteiger partial charge in [-0.25, -0.2) is 4.98 Å². The molecule has 2 aromatic rings. The first kappa shape index (κ1) is 16.2. The quantitative estimate of drug-likeness (QED) is 0.823. The van der Waals surface area contributed by atoms with E-state index in [1.165, 1.54) is 0 Å². The van der Waals surface area contributed by atoms with E-state index < -0.39 is 0 Å². The maximum atomic E-state index is 12.4. The normalized spacial score (nSPS) is 14.6. The average Bonchev–Trinajstić information content (AvgIpc) is 3.06. The molecule has 0 saturated carbocycles. The molecule has 0 N–H and O–H groups in total. The van der Waals surface area contributed by atoms with E-state index in [0.29, 0.717) is 24.6 Å². The number of aryl methyl sites for hydroxylation is 1. The van der Waals surface area contributed by atoms with Gasteiger partial charge in [-0.1, -0.05) is 12.1 Å². The molecule has 128 valence electrons. The molecule has 0 aliphatic carbocycles. The number of hydrogen-bond donors (Lipinski definition) is 0. The molecule has 7 nitrogen and oxygen atoms in total. The lowest BCUT2D eigenvalue weighted by Crippen LogP contribution is -2.50. The predicted octanol–water partition coefficient (Wildman–Crippen LogP) is 1.16. The molecule has 0 radical (unpaired) electrons. The molecule has 1 amide bonds. The molecule has 24 heavy (non-hydrogen) atoms. The number of benzene rings is 1. The molecule has 1 aromatic heterocycles. The van der Waals surface area contributed by atoms with Crippen LogP contribution in [0.4, 0.5) is 5.95 Å². The number of hydrogen-bond acceptors (Lipinski definition) is 5. The van der Waals surface area contributed by atoms with Crippen LogP contribution >= 0.6 is 0 Å². The Labute approximate surface area is 141 Å². The van der Waals surface area contributed by atoms with Gasteiger partial charge in [-0.05, 0) is 12.1 Å². The smallest absolute Gasteiger partial charge is 0.260 e. The second kappa shape index (κ2) is 7.25. The van der Waals surface area contributed by atoms with Crippen LogP contribution in [-0.2, 0) is 11.8 Å². The SMILES string of the molecule is COc1ccccc1OCC(=O)N1CCN(c2nccn2C)CC1. The van der Waals surface area contributed by atoms with Gasteiger partial charge < -0.3 is 23.8 Å². The molecule has 0 spiro atoms. The van der Waals surface area contributed by atoms with Gasteiger partial charge in [0, 0.05) is 45.6 Å². The topological polar surface area (TPSA) is 59.8 Å². The van der Waals surface area contributed by atoms with Crippen molar-refractivity contribution in [2.75, 3.05) is 44.8 Å². The number of carbonyl (C=O) groups excluding carboxylic acids is 1. The van der Waals surface area contributed by atoms with E-state index in [2.05, 4.69) is 9.88 Å². The zero-order valence-electron chi connectivity index (χ0n) is 14.0. The Hall–Kier alpha value is -2.70. The minimum Gasteiger partial charge on any atom is -0.493 e. The first-order valence-corrected chi connectivity index (χ1v) is 7.95. The van der Waals surface area contributed by atoms with E-state index >= 15 is 0 Å². The van der Waals surface area contributed by atoms with E-state index in [0.717, 1.165) is 19.0 Å². The van der Waals surface area contributed by atoms with Crippen LogP contribution in [0.3, 0.4) is 0 Å². The summed E-state index contributed by atoms with van der Waals surface area (Å²) in [5.74, 6) is 2.14. The number of anilines is 1. The Balaban J connectivity index is 1.51. The molecular weight excluding hydrogens is 308 g/mol. The van der Waals surface area contributed by atoms with Gasteiger partial charge in [-0.3, -0.25) is 4.79 Å². The monoisotopic (exact) mass is 330 g/mol. The number of amides is 1. The Bertz CT molecular complexity index is 693. The van der Waals surface area contributed by atoms with E-state index in [9.17, 15) is 4.79 Å². The largest absolute Gasteiger partial charge is 0.493 e. The van der Waals surface area contributed by atoms with Crippen molar-refractivity contribution in [3.8, 4) is 11.5 Å². The third-order valence-electron chi connectivity index (χ3n) is 4.13. The average molecular weight is 330 g/mol. The van der Waals surface area contributed by atoms with Gasteiger partial charge >= 0.3 is 0 Å². The summed E-state index contributed by atoms with van der Waals surface area (Å²) in [6.45, 7) is 2.89. The molecule has 1 fully saturated rings. The van der Waals surface area contributed by atoms with Crippen molar-refractivity contribution in [2.24, 2.45) is 7.05 Å². The number of carbonyl (C=O) groups is 1. The molecular formula is C17H22N4O3. The lowest BCUT2D eigenvalue weighted by Gasteiger charge is -2.35. The Morgan fingerprint density at radius 3 is 2.50 bits per heavy atom. The molecule has 3 rings (SSSR count).